The summed E-state index contributed by atoms with van der Waals surface area (Å²) in [7, 11) is 0. The van der Waals surface area contributed by atoms with Crippen LogP contribution in [0.4, 0.5) is 0 Å². The highest BCUT2D eigenvalue weighted by atomic mass is 16.5. The van der Waals surface area contributed by atoms with Gasteiger partial charge in [0.1, 0.15) is 12.2 Å². The molecule has 0 bridgehead atoms. The highest BCUT2D eigenvalue weighted by molar-refractivity contribution is 5.29. The van der Waals surface area contributed by atoms with E-state index in [0.717, 1.165) is 25.2 Å². The zero-order valence-corrected chi connectivity index (χ0v) is 15.4. The minimum Gasteiger partial charge on any atom is -0.394 e. The summed E-state index contributed by atoms with van der Waals surface area (Å²) in [6.45, 7) is 2.77. The van der Waals surface area contributed by atoms with Crippen LogP contribution in [-0.2, 0) is 24.2 Å². The fourth-order valence-corrected chi connectivity index (χ4v) is 4.21. The molecule has 4 rings (SSSR count). The highest BCUT2D eigenvalue weighted by Gasteiger charge is 2.46. The van der Waals surface area contributed by atoms with E-state index >= 15 is 0 Å². The van der Waals surface area contributed by atoms with Crippen LogP contribution in [0.3, 0.4) is 0 Å². The van der Waals surface area contributed by atoms with Crippen LogP contribution in [0.15, 0.2) is 48.7 Å². The number of fused-ring (bicyclic) bond motifs is 1. The summed E-state index contributed by atoms with van der Waals surface area (Å²) in [5.74, 6) is 0. The Morgan fingerprint density at radius 1 is 1.11 bits per heavy atom. The minimum absolute atomic E-state index is 0.133. The van der Waals surface area contributed by atoms with Crippen molar-refractivity contribution in [2.45, 2.75) is 43.9 Å². The molecular formula is C21H27N3O3. The molecule has 1 aromatic carbocycles. The first-order chi connectivity index (χ1) is 13.3. The number of nitrogens with zero attached hydrogens (tertiary/aromatic N) is 2. The van der Waals surface area contributed by atoms with Crippen LogP contribution in [0.5, 0.6) is 0 Å². The second-order valence-corrected chi connectivity index (χ2v) is 7.32. The predicted octanol–water partition coefficient (Wildman–Crippen LogP) is 0.719. The number of hydrogen-bond donors (Lipinski definition) is 3. The third kappa shape index (κ3) is 4.05. The van der Waals surface area contributed by atoms with Gasteiger partial charge in [0, 0.05) is 32.4 Å². The first kappa shape index (κ1) is 18.5. The molecule has 3 N–H and O–H groups in total. The minimum atomic E-state index is -0.693. The zero-order valence-electron chi connectivity index (χ0n) is 15.4. The van der Waals surface area contributed by atoms with Crippen LogP contribution in [0.25, 0.3) is 0 Å². The van der Waals surface area contributed by atoms with Gasteiger partial charge in [-0.25, -0.2) is 0 Å². The van der Waals surface area contributed by atoms with E-state index in [-0.39, 0.29) is 18.8 Å². The number of aromatic nitrogens is 1. The van der Waals surface area contributed by atoms with E-state index in [0.29, 0.717) is 13.1 Å². The molecule has 0 spiro atoms. The molecule has 1 saturated heterocycles. The number of ether oxygens (including phenoxy) is 1. The van der Waals surface area contributed by atoms with E-state index < -0.39 is 12.2 Å². The summed E-state index contributed by atoms with van der Waals surface area (Å²) in [5, 5.41) is 23.8. The summed E-state index contributed by atoms with van der Waals surface area (Å²) >= 11 is 0. The molecule has 144 valence electrons. The molecule has 27 heavy (non-hydrogen) atoms. The molecule has 4 unspecified atom stereocenters. The molecule has 2 aromatic rings. The second-order valence-electron chi connectivity index (χ2n) is 7.32. The normalized spacial score (nSPS) is 28.2. The number of pyridine rings is 1. The topological polar surface area (TPSA) is 77.9 Å². The van der Waals surface area contributed by atoms with Gasteiger partial charge in [0.15, 0.2) is 0 Å². The SMILES string of the molecule is OCC1OC(CNCc2ccccn2)C(N2CCc3ccccc3C2)C1O. The van der Waals surface area contributed by atoms with Crippen LogP contribution in [0.2, 0.25) is 0 Å². The Morgan fingerprint density at radius 3 is 2.70 bits per heavy atom. The van der Waals surface area contributed by atoms with Crippen LogP contribution in [-0.4, -0.2) is 64.1 Å². The average Bonchev–Trinajstić information content (AvgIpc) is 3.04. The molecule has 1 aromatic heterocycles. The fraction of sp³-hybridized carbons (Fsp3) is 0.476. The van der Waals surface area contributed by atoms with Crippen LogP contribution >= 0.6 is 0 Å². The van der Waals surface area contributed by atoms with E-state index in [1.165, 1.54) is 11.1 Å². The van der Waals surface area contributed by atoms with Crippen molar-refractivity contribution in [3.05, 3.63) is 65.5 Å². The molecule has 4 atom stereocenters. The lowest BCUT2D eigenvalue weighted by Crippen LogP contribution is -2.52. The lowest BCUT2D eigenvalue weighted by molar-refractivity contribution is -0.0213. The lowest BCUT2D eigenvalue weighted by Gasteiger charge is -2.37. The van der Waals surface area contributed by atoms with Gasteiger partial charge in [0.2, 0.25) is 0 Å². The molecule has 0 radical (unpaired) electrons. The van der Waals surface area contributed by atoms with Gasteiger partial charge in [-0.05, 0) is 29.7 Å². The summed E-state index contributed by atoms with van der Waals surface area (Å²) in [4.78, 5) is 6.62. The van der Waals surface area contributed by atoms with Gasteiger partial charge in [-0.2, -0.15) is 0 Å². The van der Waals surface area contributed by atoms with E-state index in [4.69, 9.17) is 4.74 Å². The van der Waals surface area contributed by atoms with Crippen molar-refractivity contribution < 1.29 is 14.9 Å². The molecule has 0 amide bonds. The highest BCUT2D eigenvalue weighted by Crippen LogP contribution is 2.30. The Kier molecular flexibility index (Phi) is 5.80. The average molecular weight is 369 g/mol. The first-order valence-corrected chi connectivity index (χ1v) is 9.62. The molecule has 1 fully saturated rings. The molecule has 3 heterocycles. The number of hydrogen-bond acceptors (Lipinski definition) is 6. The third-order valence-corrected chi connectivity index (χ3v) is 5.60. The maximum Gasteiger partial charge on any atom is 0.109 e. The molecule has 2 aliphatic heterocycles. The van der Waals surface area contributed by atoms with Gasteiger partial charge in [-0.15, -0.1) is 0 Å². The molecule has 0 saturated carbocycles. The third-order valence-electron chi connectivity index (χ3n) is 5.60. The number of rotatable bonds is 6. The number of aliphatic hydroxyl groups is 2. The number of nitrogens with one attached hydrogen (secondary N) is 1. The second kappa shape index (κ2) is 8.46. The van der Waals surface area contributed by atoms with Crippen molar-refractivity contribution in [2.75, 3.05) is 19.7 Å². The first-order valence-electron chi connectivity index (χ1n) is 9.62. The maximum atomic E-state index is 10.8. The largest absolute Gasteiger partial charge is 0.394 e. The van der Waals surface area contributed by atoms with Gasteiger partial charge in [0.25, 0.3) is 0 Å². The van der Waals surface area contributed by atoms with Gasteiger partial charge < -0.3 is 20.3 Å². The molecule has 6 heteroatoms. The molecule has 6 nitrogen and oxygen atoms in total. The Balaban J connectivity index is 1.43. The Bertz CT molecular complexity index is 742. The van der Waals surface area contributed by atoms with Crippen molar-refractivity contribution in [1.29, 1.82) is 0 Å². The van der Waals surface area contributed by atoms with Crippen molar-refractivity contribution in [3.8, 4) is 0 Å². The quantitative estimate of drug-likeness (QED) is 0.697. The van der Waals surface area contributed by atoms with E-state index in [1.807, 2.05) is 18.2 Å². The maximum absolute atomic E-state index is 10.8. The van der Waals surface area contributed by atoms with E-state index in [2.05, 4.69) is 39.5 Å². The van der Waals surface area contributed by atoms with Gasteiger partial charge in [-0.1, -0.05) is 30.3 Å². The molecular weight excluding hydrogens is 342 g/mol. The Hall–Kier alpha value is -1.83. The summed E-state index contributed by atoms with van der Waals surface area (Å²) in [6, 6.07) is 14.2. The Morgan fingerprint density at radius 2 is 1.93 bits per heavy atom. The van der Waals surface area contributed by atoms with Gasteiger partial charge in [0.05, 0.1) is 24.4 Å². The summed E-state index contributed by atoms with van der Waals surface area (Å²) < 4.78 is 5.99. The monoisotopic (exact) mass is 369 g/mol. The van der Waals surface area contributed by atoms with Gasteiger partial charge >= 0.3 is 0 Å². The van der Waals surface area contributed by atoms with Crippen molar-refractivity contribution >= 4 is 0 Å². The molecule has 0 aliphatic carbocycles. The van der Waals surface area contributed by atoms with Crippen molar-refractivity contribution in [1.82, 2.24) is 15.2 Å². The standard InChI is InChI=1S/C21H27N3O3/c25-14-19-21(26)20(24-10-8-15-5-1-2-6-16(15)13-24)18(27-19)12-22-11-17-7-3-4-9-23-17/h1-7,9,18-22,25-26H,8,10-14H2. The predicted molar refractivity (Wildman–Crippen MR) is 102 cm³/mol. The van der Waals surface area contributed by atoms with Crippen molar-refractivity contribution in [2.24, 2.45) is 0 Å². The number of benzene rings is 1. The Labute approximate surface area is 159 Å². The summed E-state index contributed by atoms with van der Waals surface area (Å²) in [6.07, 6.45) is 1.35. The van der Waals surface area contributed by atoms with Crippen LogP contribution < -0.4 is 5.32 Å². The number of aliphatic hydroxyl groups excluding tert-OH is 2. The van der Waals surface area contributed by atoms with E-state index in [9.17, 15) is 10.2 Å². The lowest BCUT2D eigenvalue weighted by atomic mass is 9.95. The summed E-state index contributed by atoms with van der Waals surface area (Å²) in [5.41, 5.74) is 3.66. The fourth-order valence-electron chi connectivity index (χ4n) is 4.21. The zero-order chi connectivity index (χ0) is 18.6. The van der Waals surface area contributed by atoms with Crippen LogP contribution in [0, 0.1) is 0 Å². The van der Waals surface area contributed by atoms with Crippen LogP contribution in [0.1, 0.15) is 16.8 Å². The smallest absolute Gasteiger partial charge is 0.109 e. The van der Waals surface area contributed by atoms with Gasteiger partial charge in [-0.3, -0.25) is 9.88 Å². The van der Waals surface area contributed by atoms with Crippen molar-refractivity contribution in [3.63, 3.8) is 0 Å². The van der Waals surface area contributed by atoms with E-state index in [1.54, 1.807) is 6.20 Å². The molecule has 2 aliphatic rings.